The quantitative estimate of drug-likeness (QED) is 0.234. The number of nitrogens with zero attached hydrogens (tertiary/aromatic N) is 3. The van der Waals surface area contributed by atoms with Gasteiger partial charge in [0.15, 0.2) is 5.96 Å². The van der Waals surface area contributed by atoms with Gasteiger partial charge in [-0.15, -0.1) is 24.0 Å². The minimum Gasteiger partial charge on any atom is -0.357 e. The highest BCUT2D eigenvalue weighted by Gasteiger charge is 2.28. The van der Waals surface area contributed by atoms with Gasteiger partial charge >= 0.3 is 0 Å². The number of amides is 1. The van der Waals surface area contributed by atoms with E-state index in [1.54, 1.807) is 6.20 Å². The first-order chi connectivity index (χ1) is 10.8. The summed E-state index contributed by atoms with van der Waals surface area (Å²) in [5, 5.41) is 9.37. The number of guanidine groups is 1. The summed E-state index contributed by atoms with van der Waals surface area (Å²) in [5.74, 6) is 1.25. The van der Waals surface area contributed by atoms with Crippen LogP contribution in [0.5, 0.6) is 0 Å². The van der Waals surface area contributed by atoms with Gasteiger partial charge < -0.3 is 20.5 Å². The van der Waals surface area contributed by atoms with Gasteiger partial charge in [0, 0.05) is 51.0 Å². The summed E-state index contributed by atoms with van der Waals surface area (Å²) >= 11 is 0. The normalized spacial score (nSPS) is 14.0. The van der Waals surface area contributed by atoms with E-state index in [2.05, 4.69) is 25.9 Å². The SMILES string of the molecule is CCNC(=NCCCn1ccnc1)NCCNC(=O)C1CC1.I. The van der Waals surface area contributed by atoms with Crippen LogP contribution in [-0.2, 0) is 11.3 Å². The van der Waals surface area contributed by atoms with E-state index in [0.29, 0.717) is 13.1 Å². The minimum absolute atomic E-state index is 0. The molecule has 7 nitrogen and oxygen atoms in total. The van der Waals surface area contributed by atoms with Gasteiger partial charge in [0.1, 0.15) is 0 Å². The van der Waals surface area contributed by atoms with Crippen molar-refractivity contribution in [3.05, 3.63) is 18.7 Å². The second kappa shape index (κ2) is 11.3. The molecule has 3 N–H and O–H groups in total. The molecule has 0 aromatic carbocycles. The van der Waals surface area contributed by atoms with Crippen LogP contribution in [0.15, 0.2) is 23.7 Å². The largest absolute Gasteiger partial charge is 0.357 e. The Hall–Kier alpha value is -1.32. The number of nitrogens with one attached hydrogen (secondary N) is 3. The molecular formula is C15H27IN6O. The third kappa shape index (κ3) is 8.19. The molecule has 1 heterocycles. The van der Waals surface area contributed by atoms with Crippen molar-refractivity contribution < 1.29 is 4.79 Å². The molecule has 1 aromatic rings. The Kier molecular flexibility index (Phi) is 9.65. The van der Waals surface area contributed by atoms with Gasteiger partial charge in [0.25, 0.3) is 0 Å². The molecule has 2 rings (SSSR count). The van der Waals surface area contributed by atoms with Gasteiger partial charge in [-0.25, -0.2) is 4.98 Å². The van der Waals surface area contributed by atoms with Crippen molar-refractivity contribution in [3.63, 3.8) is 0 Å². The number of imidazole rings is 1. The smallest absolute Gasteiger partial charge is 0.223 e. The molecule has 8 heteroatoms. The molecule has 0 atom stereocenters. The zero-order valence-corrected chi connectivity index (χ0v) is 16.0. The summed E-state index contributed by atoms with van der Waals surface area (Å²) in [4.78, 5) is 20.0. The fourth-order valence-corrected chi connectivity index (χ4v) is 2.06. The van der Waals surface area contributed by atoms with Crippen molar-refractivity contribution in [2.24, 2.45) is 10.9 Å². The van der Waals surface area contributed by atoms with Crippen LogP contribution in [0.2, 0.25) is 0 Å². The van der Waals surface area contributed by atoms with Crippen molar-refractivity contribution in [1.29, 1.82) is 0 Å². The van der Waals surface area contributed by atoms with Crippen LogP contribution in [0.25, 0.3) is 0 Å². The summed E-state index contributed by atoms with van der Waals surface area (Å²) < 4.78 is 2.04. The standard InChI is InChI=1S/C15H26N6O.HI/c1-2-17-15(19-6-3-10-21-11-9-16-12-21)20-8-7-18-14(22)13-4-5-13;/h9,11-13H,2-8,10H2,1H3,(H,18,22)(H2,17,19,20);1H. The first kappa shape index (κ1) is 19.7. The van der Waals surface area contributed by atoms with E-state index >= 15 is 0 Å². The van der Waals surface area contributed by atoms with E-state index < -0.39 is 0 Å². The fourth-order valence-electron chi connectivity index (χ4n) is 2.06. The Bertz CT molecular complexity index is 472. The first-order valence-electron chi connectivity index (χ1n) is 8.05. The van der Waals surface area contributed by atoms with Crippen molar-refractivity contribution in [2.45, 2.75) is 32.7 Å². The maximum atomic E-state index is 11.5. The predicted octanol–water partition coefficient (Wildman–Crippen LogP) is 0.972. The van der Waals surface area contributed by atoms with Crippen molar-refractivity contribution in [1.82, 2.24) is 25.5 Å². The van der Waals surface area contributed by atoms with Crippen LogP contribution in [-0.4, -0.2) is 47.6 Å². The number of rotatable bonds is 9. The molecule has 1 fully saturated rings. The number of hydrogen-bond acceptors (Lipinski definition) is 3. The lowest BCUT2D eigenvalue weighted by atomic mass is 10.4. The number of aryl methyl sites for hydroxylation is 1. The molecule has 1 amide bonds. The molecule has 0 unspecified atom stereocenters. The molecule has 0 radical (unpaired) electrons. The molecule has 0 bridgehead atoms. The molecule has 0 aliphatic heterocycles. The zero-order chi connectivity index (χ0) is 15.6. The van der Waals surface area contributed by atoms with Crippen LogP contribution in [0.3, 0.4) is 0 Å². The summed E-state index contributed by atoms with van der Waals surface area (Å²) in [6.07, 6.45) is 8.60. The molecule has 1 aliphatic rings. The van der Waals surface area contributed by atoms with Gasteiger partial charge in [0.05, 0.1) is 6.33 Å². The number of halogens is 1. The van der Waals surface area contributed by atoms with E-state index in [-0.39, 0.29) is 35.8 Å². The third-order valence-electron chi connectivity index (χ3n) is 3.41. The monoisotopic (exact) mass is 434 g/mol. The average Bonchev–Trinajstić information content (AvgIpc) is 3.25. The highest BCUT2D eigenvalue weighted by Crippen LogP contribution is 2.28. The molecule has 130 valence electrons. The number of aromatic nitrogens is 2. The second-order valence-electron chi connectivity index (χ2n) is 5.41. The number of hydrogen-bond donors (Lipinski definition) is 3. The van der Waals surface area contributed by atoms with E-state index in [4.69, 9.17) is 0 Å². The number of aliphatic imine (C=N–C) groups is 1. The minimum atomic E-state index is 0. The Morgan fingerprint density at radius 1 is 1.30 bits per heavy atom. The Labute approximate surface area is 154 Å². The van der Waals surface area contributed by atoms with Crippen molar-refractivity contribution >= 4 is 35.8 Å². The molecule has 0 spiro atoms. The molecule has 1 aliphatic carbocycles. The van der Waals surface area contributed by atoms with Crippen LogP contribution < -0.4 is 16.0 Å². The van der Waals surface area contributed by atoms with E-state index in [0.717, 1.165) is 44.9 Å². The fraction of sp³-hybridized carbons (Fsp3) is 0.667. The molecular weight excluding hydrogens is 407 g/mol. The third-order valence-corrected chi connectivity index (χ3v) is 3.41. The lowest BCUT2D eigenvalue weighted by Gasteiger charge is -2.11. The average molecular weight is 434 g/mol. The Balaban J connectivity index is 0.00000264. The number of carbonyl (C=O) groups is 1. The Morgan fingerprint density at radius 2 is 2.09 bits per heavy atom. The van der Waals surface area contributed by atoms with Gasteiger partial charge in [-0.05, 0) is 26.2 Å². The molecule has 1 saturated carbocycles. The van der Waals surface area contributed by atoms with Crippen LogP contribution in [0.4, 0.5) is 0 Å². The maximum Gasteiger partial charge on any atom is 0.223 e. The highest BCUT2D eigenvalue weighted by molar-refractivity contribution is 14.0. The molecule has 1 aromatic heterocycles. The maximum absolute atomic E-state index is 11.5. The van der Waals surface area contributed by atoms with Crippen molar-refractivity contribution in [2.75, 3.05) is 26.2 Å². The summed E-state index contributed by atoms with van der Waals surface area (Å²) in [5.41, 5.74) is 0. The number of carbonyl (C=O) groups excluding carboxylic acids is 1. The topological polar surface area (TPSA) is 83.3 Å². The predicted molar refractivity (Wildman–Crippen MR) is 102 cm³/mol. The van der Waals surface area contributed by atoms with Gasteiger partial charge in [-0.3, -0.25) is 9.79 Å². The highest BCUT2D eigenvalue weighted by atomic mass is 127. The van der Waals surface area contributed by atoms with E-state index in [1.165, 1.54) is 0 Å². The van der Waals surface area contributed by atoms with Crippen molar-refractivity contribution in [3.8, 4) is 0 Å². The second-order valence-corrected chi connectivity index (χ2v) is 5.41. The summed E-state index contributed by atoms with van der Waals surface area (Å²) in [6.45, 7) is 5.85. The van der Waals surface area contributed by atoms with Crippen LogP contribution in [0, 0.1) is 5.92 Å². The lowest BCUT2D eigenvalue weighted by molar-refractivity contribution is -0.122. The van der Waals surface area contributed by atoms with Crippen LogP contribution in [0.1, 0.15) is 26.2 Å². The van der Waals surface area contributed by atoms with Gasteiger partial charge in [0.2, 0.25) is 5.91 Å². The summed E-state index contributed by atoms with van der Waals surface area (Å²) in [6, 6.07) is 0. The first-order valence-corrected chi connectivity index (χ1v) is 8.05. The van der Waals surface area contributed by atoms with Gasteiger partial charge in [-0.1, -0.05) is 0 Å². The van der Waals surface area contributed by atoms with E-state index in [9.17, 15) is 4.79 Å². The Morgan fingerprint density at radius 3 is 2.74 bits per heavy atom. The molecule has 23 heavy (non-hydrogen) atoms. The lowest BCUT2D eigenvalue weighted by Crippen LogP contribution is -2.41. The zero-order valence-electron chi connectivity index (χ0n) is 13.6. The molecule has 0 saturated heterocycles. The van der Waals surface area contributed by atoms with Gasteiger partial charge in [-0.2, -0.15) is 0 Å². The summed E-state index contributed by atoms with van der Waals surface area (Å²) in [7, 11) is 0. The van der Waals surface area contributed by atoms with Crippen LogP contribution >= 0.6 is 24.0 Å². The van der Waals surface area contributed by atoms with E-state index in [1.807, 2.05) is 24.0 Å².